The van der Waals surface area contributed by atoms with Gasteiger partial charge in [0.2, 0.25) is 5.91 Å². The highest BCUT2D eigenvalue weighted by Gasteiger charge is 2.35. The number of carbonyl (C=O) groups is 1. The first-order valence-corrected chi connectivity index (χ1v) is 7.34. The van der Waals surface area contributed by atoms with Crippen molar-refractivity contribution in [2.24, 2.45) is 5.92 Å². The number of likely N-dealkylation sites (N-methyl/N-ethyl adjacent to an activating group) is 2. The second-order valence-corrected chi connectivity index (χ2v) is 5.44. The summed E-state index contributed by atoms with van der Waals surface area (Å²) >= 11 is 0. The average Bonchev–Trinajstić information content (AvgIpc) is 2.82. The minimum atomic E-state index is -0.0198. The van der Waals surface area contributed by atoms with Crippen LogP contribution in [0.5, 0.6) is 0 Å². The van der Waals surface area contributed by atoms with Crippen molar-refractivity contribution in [2.45, 2.75) is 26.3 Å². The van der Waals surface area contributed by atoms with Gasteiger partial charge in [-0.3, -0.25) is 4.79 Å². The van der Waals surface area contributed by atoms with Crippen LogP contribution in [0.15, 0.2) is 0 Å². The highest BCUT2D eigenvalue weighted by molar-refractivity contribution is 5.80. The van der Waals surface area contributed by atoms with Crippen molar-refractivity contribution in [1.82, 2.24) is 15.1 Å². The zero-order chi connectivity index (χ0) is 14.3. The van der Waals surface area contributed by atoms with Crippen LogP contribution in [0.2, 0.25) is 0 Å². The van der Waals surface area contributed by atoms with Crippen LogP contribution in [-0.4, -0.2) is 75.2 Å². The Labute approximate surface area is 117 Å². The fourth-order valence-corrected chi connectivity index (χ4v) is 2.42. The Balaban J connectivity index is 2.58. The number of nitrogens with one attached hydrogen (secondary N) is 1. The molecule has 1 aliphatic heterocycles. The van der Waals surface area contributed by atoms with E-state index in [-0.39, 0.29) is 17.9 Å². The summed E-state index contributed by atoms with van der Waals surface area (Å²) in [7, 11) is 4.07. The molecule has 19 heavy (non-hydrogen) atoms. The standard InChI is InChI=1S/C14H29N3O2/c1-5-7-17(9-8-16(3)4)14(18)12-10-19-11-13(12)15-6-2/h12-13,15H,5-11H2,1-4H3. The third-order valence-electron chi connectivity index (χ3n) is 3.49. The zero-order valence-electron chi connectivity index (χ0n) is 12.8. The number of carbonyl (C=O) groups excluding carboxylic acids is 1. The molecule has 5 nitrogen and oxygen atoms in total. The molecule has 1 aliphatic rings. The lowest BCUT2D eigenvalue weighted by Crippen LogP contribution is -2.47. The van der Waals surface area contributed by atoms with Crippen molar-refractivity contribution in [3.05, 3.63) is 0 Å². The molecule has 5 heteroatoms. The maximum atomic E-state index is 12.6. The Hall–Kier alpha value is -0.650. The quantitative estimate of drug-likeness (QED) is 0.694. The van der Waals surface area contributed by atoms with Crippen LogP contribution >= 0.6 is 0 Å². The Morgan fingerprint density at radius 3 is 2.53 bits per heavy atom. The first-order valence-electron chi connectivity index (χ1n) is 7.34. The average molecular weight is 271 g/mol. The predicted molar refractivity (Wildman–Crippen MR) is 77.2 cm³/mol. The van der Waals surface area contributed by atoms with Crippen molar-refractivity contribution in [2.75, 3.05) is 53.5 Å². The molecule has 0 aliphatic carbocycles. The summed E-state index contributed by atoms with van der Waals surface area (Å²) in [5.74, 6) is 0.223. The normalized spacial score (nSPS) is 23.0. The zero-order valence-corrected chi connectivity index (χ0v) is 12.8. The number of hydrogen-bond acceptors (Lipinski definition) is 4. The van der Waals surface area contributed by atoms with Gasteiger partial charge in [-0.2, -0.15) is 0 Å². The van der Waals surface area contributed by atoms with E-state index in [1.165, 1.54) is 0 Å². The second-order valence-electron chi connectivity index (χ2n) is 5.44. The van der Waals surface area contributed by atoms with Gasteiger partial charge in [0.1, 0.15) is 0 Å². The van der Waals surface area contributed by atoms with E-state index in [0.29, 0.717) is 13.2 Å². The van der Waals surface area contributed by atoms with Crippen molar-refractivity contribution < 1.29 is 9.53 Å². The first-order chi connectivity index (χ1) is 9.10. The van der Waals surface area contributed by atoms with Gasteiger partial charge in [0.15, 0.2) is 0 Å². The summed E-state index contributed by atoms with van der Waals surface area (Å²) in [4.78, 5) is 16.7. The highest BCUT2D eigenvalue weighted by Crippen LogP contribution is 2.17. The summed E-state index contributed by atoms with van der Waals surface area (Å²) in [6.45, 7) is 8.81. The highest BCUT2D eigenvalue weighted by atomic mass is 16.5. The number of ether oxygens (including phenoxy) is 1. The molecule has 0 aromatic heterocycles. The van der Waals surface area contributed by atoms with Crippen LogP contribution in [0.3, 0.4) is 0 Å². The third kappa shape index (κ3) is 5.09. The molecule has 2 atom stereocenters. The maximum absolute atomic E-state index is 12.6. The SMILES string of the molecule is CCCN(CCN(C)C)C(=O)C1COCC1NCC. The Kier molecular flexibility index (Phi) is 7.34. The number of nitrogens with zero attached hydrogens (tertiary/aromatic N) is 2. The van der Waals surface area contributed by atoms with Gasteiger partial charge < -0.3 is 19.9 Å². The molecular weight excluding hydrogens is 242 g/mol. The van der Waals surface area contributed by atoms with Crippen molar-refractivity contribution in [3.8, 4) is 0 Å². The molecule has 0 aromatic carbocycles. The lowest BCUT2D eigenvalue weighted by Gasteiger charge is -2.28. The number of amides is 1. The molecule has 112 valence electrons. The van der Waals surface area contributed by atoms with Crippen LogP contribution in [0.4, 0.5) is 0 Å². The van der Waals surface area contributed by atoms with Crippen molar-refractivity contribution >= 4 is 5.91 Å². The molecule has 0 aromatic rings. The fraction of sp³-hybridized carbons (Fsp3) is 0.929. The summed E-state index contributed by atoms with van der Waals surface area (Å²) in [5.41, 5.74) is 0. The number of rotatable bonds is 8. The molecular formula is C14H29N3O2. The van der Waals surface area contributed by atoms with Gasteiger partial charge in [0, 0.05) is 25.7 Å². The summed E-state index contributed by atoms with van der Waals surface area (Å²) < 4.78 is 5.48. The van der Waals surface area contributed by atoms with E-state index in [4.69, 9.17) is 4.74 Å². The van der Waals surface area contributed by atoms with E-state index in [9.17, 15) is 4.79 Å². The van der Waals surface area contributed by atoms with Crippen LogP contribution < -0.4 is 5.32 Å². The van der Waals surface area contributed by atoms with Gasteiger partial charge in [-0.15, -0.1) is 0 Å². The summed E-state index contributed by atoms with van der Waals surface area (Å²) in [6.07, 6.45) is 0.999. The summed E-state index contributed by atoms with van der Waals surface area (Å²) in [5, 5.41) is 3.35. The molecule has 1 saturated heterocycles. The topological polar surface area (TPSA) is 44.8 Å². The molecule has 1 amide bonds. The van der Waals surface area contributed by atoms with E-state index >= 15 is 0 Å². The molecule has 2 unspecified atom stereocenters. The van der Waals surface area contributed by atoms with Gasteiger partial charge in [0.25, 0.3) is 0 Å². The van der Waals surface area contributed by atoms with Gasteiger partial charge in [-0.05, 0) is 27.1 Å². The van der Waals surface area contributed by atoms with Crippen molar-refractivity contribution in [1.29, 1.82) is 0 Å². The third-order valence-corrected chi connectivity index (χ3v) is 3.49. The van der Waals surface area contributed by atoms with Crippen LogP contribution in [0.1, 0.15) is 20.3 Å². The molecule has 0 saturated carbocycles. The minimum Gasteiger partial charge on any atom is -0.379 e. The first kappa shape index (κ1) is 16.4. The number of hydrogen-bond donors (Lipinski definition) is 1. The largest absolute Gasteiger partial charge is 0.379 e. The lowest BCUT2D eigenvalue weighted by molar-refractivity contribution is -0.136. The van der Waals surface area contributed by atoms with Crippen LogP contribution in [0.25, 0.3) is 0 Å². The Morgan fingerprint density at radius 1 is 1.21 bits per heavy atom. The molecule has 0 radical (unpaired) electrons. The van der Waals surface area contributed by atoms with Gasteiger partial charge >= 0.3 is 0 Å². The molecule has 0 spiro atoms. The van der Waals surface area contributed by atoms with Crippen LogP contribution in [0, 0.1) is 5.92 Å². The fourth-order valence-electron chi connectivity index (χ4n) is 2.42. The van der Waals surface area contributed by atoms with Crippen molar-refractivity contribution in [3.63, 3.8) is 0 Å². The lowest BCUT2D eigenvalue weighted by atomic mass is 10.0. The molecule has 1 N–H and O–H groups in total. The monoisotopic (exact) mass is 271 g/mol. The van der Waals surface area contributed by atoms with Gasteiger partial charge in [-0.1, -0.05) is 13.8 Å². The minimum absolute atomic E-state index is 0.0198. The van der Waals surface area contributed by atoms with E-state index in [1.807, 2.05) is 19.0 Å². The Morgan fingerprint density at radius 2 is 1.95 bits per heavy atom. The van der Waals surface area contributed by atoms with E-state index < -0.39 is 0 Å². The summed E-state index contributed by atoms with van der Waals surface area (Å²) in [6, 6.07) is 0.177. The molecule has 1 rings (SSSR count). The van der Waals surface area contributed by atoms with E-state index in [0.717, 1.165) is 32.6 Å². The Bertz CT molecular complexity index is 271. The van der Waals surface area contributed by atoms with E-state index in [2.05, 4.69) is 24.1 Å². The predicted octanol–water partition coefficient (Wildman–Crippen LogP) is 0.411. The molecule has 0 bridgehead atoms. The van der Waals surface area contributed by atoms with Gasteiger partial charge in [-0.25, -0.2) is 0 Å². The smallest absolute Gasteiger partial charge is 0.229 e. The maximum Gasteiger partial charge on any atom is 0.229 e. The molecule has 1 heterocycles. The second kappa shape index (κ2) is 8.51. The van der Waals surface area contributed by atoms with E-state index in [1.54, 1.807) is 0 Å². The van der Waals surface area contributed by atoms with Crippen LogP contribution in [-0.2, 0) is 9.53 Å². The van der Waals surface area contributed by atoms with Gasteiger partial charge in [0.05, 0.1) is 19.1 Å². The molecule has 1 fully saturated rings.